The molecular weight excluding hydrogens is 342 g/mol. The second kappa shape index (κ2) is 14.1. The van der Waals surface area contributed by atoms with Crippen molar-refractivity contribution in [3.63, 3.8) is 0 Å². The van der Waals surface area contributed by atoms with Crippen molar-refractivity contribution in [2.75, 3.05) is 6.61 Å². The Hall–Kier alpha value is -0.160. The highest BCUT2D eigenvalue weighted by atomic mass is 35.5. The van der Waals surface area contributed by atoms with Gasteiger partial charge in [0.05, 0.1) is 11.1 Å². The number of hydrogen-bond donors (Lipinski definition) is 0. The van der Waals surface area contributed by atoms with Crippen molar-refractivity contribution in [3.8, 4) is 0 Å². The van der Waals surface area contributed by atoms with Crippen molar-refractivity contribution in [2.45, 2.75) is 96.4 Å². The van der Waals surface area contributed by atoms with Crippen LogP contribution in [0.4, 0.5) is 0 Å². The number of halogens is 1. The fourth-order valence-electron chi connectivity index (χ4n) is 3.13. The van der Waals surface area contributed by atoms with Crippen LogP contribution in [0.5, 0.6) is 0 Å². The number of rotatable bonds is 13. The molecule has 0 radical (unpaired) electrons. The Balaban J connectivity index is 0.00000288. The molecule has 0 aliphatic carbocycles. The Kier molecular flexibility index (Phi) is 12.8. The summed E-state index contributed by atoms with van der Waals surface area (Å²) in [7, 11) is 0. The molecule has 0 N–H and O–H groups in total. The summed E-state index contributed by atoms with van der Waals surface area (Å²) in [6.07, 6.45) is 17.3. The summed E-state index contributed by atoms with van der Waals surface area (Å²) in [5.41, 5.74) is 0. The molecule has 1 fully saturated rings. The zero-order valence-electron chi connectivity index (χ0n) is 15.1. The highest BCUT2D eigenvalue weighted by Gasteiger charge is 2.24. The van der Waals surface area contributed by atoms with E-state index >= 15 is 0 Å². The number of ether oxygens (including phenoxy) is 2. The van der Waals surface area contributed by atoms with E-state index in [1.54, 1.807) is 11.3 Å². The quantitative estimate of drug-likeness (QED) is 0.387. The van der Waals surface area contributed by atoms with Gasteiger partial charge in [0, 0.05) is 24.6 Å². The van der Waals surface area contributed by atoms with E-state index in [0.717, 1.165) is 25.9 Å². The normalized spacial score (nSPS) is 20.2. The summed E-state index contributed by atoms with van der Waals surface area (Å²) in [6.45, 7) is 3.11. The lowest BCUT2D eigenvalue weighted by Crippen LogP contribution is -2.15. The zero-order valence-corrected chi connectivity index (χ0v) is 16.7. The second-order valence-electron chi connectivity index (χ2n) is 6.58. The average Bonchev–Trinajstić information content (AvgIpc) is 3.22. The molecule has 1 aromatic rings. The van der Waals surface area contributed by atoms with Crippen LogP contribution in [0.3, 0.4) is 0 Å². The topological polar surface area (TPSA) is 31.4 Å². The summed E-state index contributed by atoms with van der Waals surface area (Å²) < 4.78 is 11.9. The maximum Gasteiger partial charge on any atom is 0.158 e. The van der Waals surface area contributed by atoms with Crippen molar-refractivity contribution in [3.05, 3.63) is 16.6 Å². The van der Waals surface area contributed by atoms with Crippen LogP contribution >= 0.6 is 23.7 Å². The SMILES string of the molecule is CCCCCCC1CCC(OCCCCCCc2nccs2)O1.Cl. The average molecular weight is 376 g/mol. The Bertz CT molecular complexity index is 389. The fraction of sp³-hybridized carbons (Fsp3) is 0.842. The smallest absolute Gasteiger partial charge is 0.158 e. The van der Waals surface area contributed by atoms with Gasteiger partial charge in [0.2, 0.25) is 0 Å². The molecule has 1 aliphatic rings. The van der Waals surface area contributed by atoms with Crippen LogP contribution in [-0.2, 0) is 15.9 Å². The predicted octanol–water partition coefficient (Wildman–Crippen LogP) is 6.16. The predicted molar refractivity (Wildman–Crippen MR) is 104 cm³/mol. The van der Waals surface area contributed by atoms with Gasteiger partial charge >= 0.3 is 0 Å². The van der Waals surface area contributed by atoms with E-state index in [1.807, 2.05) is 6.20 Å². The van der Waals surface area contributed by atoms with Gasteiger partial charge in [-0.2, -0.15) is 0 Å². The Labute approximate surface area is 158 Å². The lowest BCUT2D eigenvalue weighted by Gasteiger charge is -2.14. The number of hydrogen-bond acceptors (Lipinski definition) is 4. The van der Waals surface area contributed by atoms with Gasteiger partial charge in [0.25, 0.3) is 0 Å². The molecule has 0 bridgehead atoms. The molecule has 2 atom stereocenters. The van der Waals surface area contributed by atoms with Gasteiger partial charge in [-0.25, -0.2) is 4.98 Å². The summed E-state index contributed by atoms with van der Waals surface area (Å²) in [4.78, 5) is 4.32. The van der Waals surface area contributed by atoms with E-state index in [1.165, 1.54) is 62.8 Å². The molecule has 2 rings (SSSR count). The molecule has 2 unspecified atom stereocenters. The Morgan fingerprint density at radius 3 is 2.75 bits per heavy atom. The fourth-order valence-corrected chi connectivity index (χ4v) is 3.79. The summed E-state index contributed by atoms with van der Waals surface area (Å²) in [6, 6.07) is 0. The van der Waals surface area contributed by atoms with Gasteiger partial charge in [-0.05, 0) is 32.1 Å². The second-order valence-corrected chi connectivity index (χ2v) is 7.55. The van der Waals surface area contributed by atoms with Crippen LogP contribution in [-0.4, -0.2) is 24.0 Å². The monoisotopic (exact) mass is 375 g/mol. The molecule has 0 spiro atoms. The van der Waals surface area contributed by atoms with Gasteiger partial charge in [-0.3, -0.25) is 0 Å². The number of aryl methyl sites for hydroxylation is 1. The summed E-state index contributed by atoms with van der Waals surface area (Å²) >= 11 is 1.76. The third-order valence-electron chi connectivity index (χ3n) is 4.52. The van der Waals surface area contributed by atoms with Crippen LogP contribution in [0, 0.1) is 0 Å². The van der Waals surface area contributed by atoms with E-state index in [0.29, 0.717) is 6.10 Å². The van der Waals surface area contributed by atoms with Crippen LogP contribution < -0.4 is 0 Å². The van der Waals surface area contributed by atoms with Crippen molar-refractivity contribution in [2.24, 2.45) is 0 Å². The molecule has 3 nitrogen and oxygen atoms in total. The highest BCUT2D eigenvalue weighted by molar-refractivity contribution is 7.09. The number of aromatic nitrogens is 1. The molecule has 24 heavy (non-hydrogen) atoms. The van der Waals surface area contributed by atoms with E-state index in [4.69, 9.17) is 9.47 Å². The molecule has 140 valence electrons. The maximum atomic E-state index is 5.99. The lowest BCUT2D eigenvalue weighted by atomic mass is 10.1. The number of thiazole rings is 1. The van der Waals surface area contributed by atoms with Crippen LogP contribution in [0.1, 0.15) is 82.6 Å². The van der Waals surface area contributed by atoms with Gasteiger partial charge in [0.1, 0.15) is 0 Å². The molecule has 1 saturated heterocycles. The minimum atomic E-state index is 0. The van der Waals surface area contributed by atoms with Gasteiger partial charge in [-0.1, -0.05) is 45.4 Å². The van der Waals surface area contributed by atoms with E-state index in [2.05, 4.69) is 17.3 Å². The lowest BCUT2D eigenvalue weighted by molar-refractivity contribution is -0.135. The van der Waals surface area contributed by atoms with E-state index in [9.17, 15) is 0 Å². The zero-order chi connectivity index (χ0) is 16.2. The molecular formula is C19H34ClNO2S. The van der Waals surface area contributed by atoms with Crippen LogP contribution in [0.15, 0.2) is 11.6 Å². The van der Waals surface area contributed by atoms with Crippen molar-refractivity contribution in [1.82, 2.24) is 4.98 Å². The first-order valence-electron chi connectivity index (χ1n) is 9.54. The Morgan fingerprint density at radius 2 is 1.96 bits per heavy atom. The highest BCUT2D eigenvalue weighted by Crippen LogP contribution is 2.25. The minimum absolute atomic E-state index is 0. The first-order chi connectivity index (χ1) is 11.4. The largest absolute Gasteiger partial charge is 0.353 e. The summed E-state index contributed by atoms with van der Waals surface area (Å²) in [5, 5.41) is 3.33. The molecule has 0 saturated carbocycles. The Morgan fingerprint density at radius 1 is 1.12 bits per heavy atom. The molecule has 1 aliphatic heterocycles. The molecule has 1 aromatic heterocycles. The first kappa shape index (κ1) is 21.9. The van der Waals surface area contributed by atoms with Gasteiger partial charge < -0.3 is 9.47 Å². The first-order valence-corrected chi connectivity index (χ1v) is 10.4. The van der Waals surface area contributed by atoms with Gasteiger partial charge in [-0.15, -0.1) is 23.7 Å². The molecule has 0 amide bonds. The standard InChI is InChI=1S/C19H33NO2S.ClH/c1-2-3-4-7-10-17-12-13-19(22-17)21-15-9-6-5-8-11-18-20-14-16-23-18;/h14,16-17,19H,2-13,15H2,1H3;1H. The summed E-state index contributed by atoms with van der Waals surface area (Å²) in [5.74, 6) is 0. The third kappa shape index (κ3) is 9.36. The van der Waals surface area contributed by atoms with Crippen molar-refractivity contribution < 1.29 is 9.47 Å². The minimum Gasteiger partial charge on any atom is -0.353 e. The molecule has 0 aromatic carbocycles. The van der Waals surface area contributed by atoms with Crippen molar-refractivity contribution in [1.29, 1.82) is 0 Å². The van der Waals surface area contributed by atoms with E-state index in [-0.39, 0.29) is 18.7 Å². The number of unbranched alkanes of at least 4 members (excludes halogenated alkanes) is 6. The molecule has 5 heteroatoms. The third-order valence-corrected chi connectivity index (χ3v) is 5.36. The van der Waals surface area contributed by atoms with Crippen LogP contribution in [0.25, 0.3) is 0 Å². The van der Waals surface area contributed by atoms with Crippen molar-refractivity contribution >= 4 is 23.7 Å². The van der Waals surface area contributed by atoms with Gasteiger partial charge in [0.15, 0.2) is 6.29 Å². The van der Waals surface area contributed by atoms with E-state index < -0.39 is 0 Å². The molecule has 2 heterocycles. The number of nitrogens with zero attached hydrogens (tertiary/aromatic N) is 1. The van der Waals surface area contributed by atoms with Crippen LogP contribution in [0.2, 0.25) is 0 Å². The maximum absolute atomic E-state index is 5.99.